The van der Waals surface area contributed by atoms with E-state index in [1.54, 1.807) is 0 Å². The van der Waals surface area contributed by atoms with E-state index in [0.29, 0.717) is 0 Å². The van der Waals surface area contributed by atoms with Gasteiger partial charge in [0.2, 0.25) is 0 Å². The summed E-state index contributed by atoms with van der Waals surface area (Å²) in [7, 11) is 0. The highest BCUT2D eigenvalue weighted by molar-refractivity contribution is 5.62. The topological polar surface area (TPSA) is 0 Å². The van der Waals surface area contributed by atoms with Crippen molar-refractivity contribution in [1.82, 2.24) is 0 Å². The van der Waals surface area contributed by atoms with Crippen LogP contribution in [0.3, 0.4) is 0 Å². The van der Waals surface area contributed by atoms with Crippen molar-refractivity contribution in [3.8, 4) is 0 Å². The molecule has 2 aliphatic rings. The molecule has 0 aromatic rings. The number of hydrogen-bond donors (Lipinski definition) is 0. The molecule has 0 amide bonds. The fraction of sp³-hybridized carbons (Fsp3) is 0.400. The van der Waals surface area contributed by atoms with Gasteiger partial charge in [-0.2, -0.15) is 0 Å². The molecule has 0 fully saturated rings. The van der Waals surface area contributed by atoms with E-state index in [0.717, 1.165) is 0 Å². The van der Waals surface area contributed by atoms with Crippen LogP contribution in [-0.4, -0.2) is 0 Å². The van der Waals surface area contributed by atoms with Crippen molar-refractivity contribution in [3.63, 3.8) is 0 Å². The Bertz CT molecular complexity index is 553. The van der Waals surface area contributed by atoms with Gasteiger partial charge in [0.15, 0.2) is 0 Å². The third-order valence-corrected chi connectivity index (χ3v) is 3.76. The Labute approximate surface area is 124 Å². The summed E-state index contributed by atoms with van der Waals surface area (Å²) in [6.45, 7) is 13.7. The van der Waals surface area contributed by atoms with E-state index in [4.69, 9.17) is 0 Å². The smallest absolute Gasteiger partial charge is 0.0126 e. The summed E-state index contributed by atoms with van der Waals surface area (Å²) in [5.41, 5.74) is 5.88. The van der Waals surface area contributed by atoms with E-state index in [1.807, 2.05) is 0 Å². The quantitative estimate of drug-likeness (QED) is 0.510. The van der Waals surface area contributed by atoms with Gasteiger partial charge in [-0.05, 0) is 33.1 Å². The maximum absolute atomic E-state index is 2.39. The van der Waals surface area contributed by atoms with Gasteiger partial charge in [-0.3, -0.25) is 0 Å². The summed E-state index contributed by atoms with van der Waals surface area (Å²) in [5, 5.41) is 0. The Balaban J connectivity index is 2.59. The first-order valence-corrected chi connectivity index (χ1v) is 7.40. The van der Waals surface area contributed by atoms with Crippen molar-refractivity contribution in [2.24, 2.45) is 10.8 Å². The normalized spacial score (nSPS) is 19.3. The molecule has 0 spiro atoms. The van der Waals surface area contributed by atoms with Gasteiger partial charge in [0.25, 0.3) is 0 Å². The fourth-order valence-electron chi connectivity index (χ4n) is 2.48. The molecule has 0 N–H and O–H groups in total. The summed E-state index contributed by atoms with van der Waals surface area (Å²) in [6, 6.07) is 0. The largest absolute Gasteiger partial charge is 0.0622 e. The molecule has 0 heteroatoms. The first kappa shape index (κ1) is 14.8. The van der Waals surface area contributed by atoms with Crippen LogP contribution in [0.2, 0.25) is 0 Å². The molecule has 20 heavy (non-hydrogen) atoms. The highest BCUT2D eigenvalue weighted by Crippen LogP contribution is 2.43. The summed E-state index contributed by atoms with van der Waals surface area (Å²) >= 11 is 0. The molecular formula is C20H26. The van der Waals surface area contributed by atoms with Gasteiger partial charge >= 0.3 is 0 Å². The van der Waals surface area contributed by atoms with Crippen molar-refractivity contribution in [2.75, 3.05) is 0 Å². The van der Waals surface area contributed by atoms with Crippen LogP contribution in [0.5, 0.6) is 0 Å². The highest BCUT2D eigenvalue weighted by atomic mass is 14.3. The minimum absolute atomic E-state index is 0.160. The maximum Gasteiger partial charge on any atom is -0.0126 e. The molecule has 0 heterocycles. The molecule has 0 aromatic heterocycles. The first-order chi connectivity index (χ1) is 9.19. The lowest BCUT2D eigenvalue weighted by atomic mass is 9.81. The van der Waals surface area contributed by atoms with E-state index in [-0.39, 0.29) is 10.8 Å². The molecule has 0 unspecified atom stereocenters. The van der Waals surface area contributed by atoms with Crippen molar-refractivity contribution < 1.29 is 0 Å². The Morgan fingerprint density at radius 1 is 0.650 bits per heavy atom. The SMILES string of the molecule is CC(C)(C)C1=CC(=C2C=CC=CC=C2)C(C(C)(C)C)=C1. The number of rotatable bonds is 0. The predicted octanol–water partition coefficient (Wildman–Crippen LogP) is 5.92. The zero-order valence-corrected chi connectivity index (χ0v) is 13.6. The Morgan fingerprint density at radius 2 is 1.20 bits per heavy atom. The van der Waals surface area contributed by atoms with Crippen LogP contribution in [0.15, 0.2) is 70.9 Å². The van der Waals surface area contributed by atoms with E-state index in [9.17, 15) is 0 Å². The van der Waals surface area contributed by atoms with E-state index < -0.39 is 0 Å². The van der Waals surface area contributed by atoms with Gasteiger partial charge in [0.05, 0.1) is 0 Å². The Kier molecular flexibility index (Phi) is 3.77. The average molecular weight is 266 g/mol. The van der Waals surface area contributed by atoms with Crippen molar-refractivity contribution >= 4 is 0 Å². The average Bonchev–Trinajstić information content (AvgIpc) is 2.60. The summed E-state index contributed by atoms with van der Waals surface area (Å²) in [4.78, 5) is 0. The third-order valence-electron chi connectivity index (χ3n) is 3.76. The van der Waals surface area contributed by atoms with Gasteiger partial charge in [-0.1, -0.05) is 90.2 Å². The molecule has 0 saturated carbocycles. The van der Waals surface area contributed by atoms with Crippen LogP contribution in [0.1, 0.15) is 41.5 Å². The Morgan fingerprint density at radius 3 is 1.65 bits per heavy atom. The number of allylic oxidation sites excluding steroid dienone is 12. The van der Waals surface area contributed by atoms with Crippen LogP contribution in [0.4, 0.5) is 0 Å². The minimum atomic E-state index is 0.160. The molecule has 0 radical (unpaired) electrons. The highest BCUT2D eigenvalue weighted by Gasteiger charge is 2.29. The molecule has 0 nitrogen and oxygen atoms in total. The third kappa shape index (κ3) is 3.12. The van der Waals surface area contributed by atoms with Gasteiger partial charge in [-0.25, -0.2) is 0 Å². The zero-order chi connectivity index (χ0) is 15.0. The second-order valence-corrected chi connectivity index (χ2v) is 7.63. The fourth-order valence-corrected chi connectivity index (χ4v) is 2.48. The zero-order valence-electron chi connectivity index (χ0n) is 13.6. The first-order valence-electron chi connectivity index (χ1n) is 7.40. The molecule has 106 valence electrons. The Hall–Kier alpha value is -1.56. The van der Waals surface area contributed by atoms with Crippen LogP contribution < -0.4 is 0 Å². The van der Waals surface area contributed by atoms with Crippen molar-refractivity contribution in [2.45, 2.75) is 41.5 Å². The molecule has 0 saturated heterocycles. The van der Waals surface area contributed by atoms with Gasteiger partial charge in [0, 0.05) is 0 Å². The molecule has 0 aliphatic heterocycles. The molecule has 2 aliphatic carbocycles. The van der Waals surface area contributed by atoms with Crippen LogP contribution in [-0.2, 0) is 0 Å². The summed E-state index contributed by atoms with van der Waals surface area (Å²) in [5.74, 6) is 0. The van der Waals surface area contributed by atoms with Gasteiger partial charge in [-0.15, -0.1) is 0 Å². The second kappa shape index (κ2) is 5.09. The van der Waals surface area contributed by atoms with E-state index in [2.05, 4.69) is 90.2 Å². The lowest BCUT2D eigenvalue weighted by molar-refractivity contribution is 0.504. The predicted molar refractivity (Wildman–Crippen MR) is 89.5 cm³/mol. The van der Waals surface area contributed by atoms with E-state index in [1.165, 1.54) is 22.3 Å². The second-order valence-electron chi connectivity index (χ2n) is 7.63. The molecule has 0 bridgehead atoms. The lowest BCUT2D eigenvalue weighted by Gasteiger charge is -2.23. The minimum Gasteiger partial charge on any atom is -0.0622 e. The standard InChI is InChI=1S/C20H26/c1-19(2,3)16-13-17(18(14-16)20(4,5)6)15-11-9-7-8-10-12-15/h7-14H,1-6H3. The van der Waals surface area contributed by atoms with E-state index >= 15 is 0 Å². The van der Waals surface area contributed by atoms with Crippen LogP contribution in [0.25, 0.3) is 0 Å². The summed E-state index contributed by atoms with van der Waals surface area (Å²) < 4.78 is 0. The lowest BCUT2D eigenvalue weighted by Crippen LogP contribution is -2.10. The van der Waals surface area contributed by atoms with Crippen molar-refractivity contribution in [3.05, 3.63) is 70.9 Å². The maximum atomic E-state index is 2.39. The summed E-state index contributed by atoms with van der Waals surface area (Å²) in [6.07, 6.45) is 17.6. The van der Waals surface area contributed by atoms with Gasteiger partial charge < -0.3 is 0 Å². The number of hydrogen-bond acceptors (Lipinski definition) is 0. The molecule has 0 aromatic carbocycles. The molecule has 2 rings (SSSR count). The van der Waals surface area contributed by atoms with Crippen LogP contribution in [0, 0.1) is 10.8 Å². The van der Waals surface area contributed by atoms with Crippen LogP contribution >= 0.6 is 0 Å². The van der Waals surface area contributed by atoms with Gasteiger partial charge in [0.1, 0.15) is 0 Å². The molecular weight excluding hydrogens is 240 g/mol. The van der Waals surface area contributed by atoms with Crippen molar-refractivity contribution in [1.29, 1.82) is 0 Å². The monoisotopic (exact) mass is 266 g/mol. The molecule has 0 atom stereocenters.